The Hall–Kier alpha value is -3.39. The molecule has 2 amide bonds. The molecule has 0 bridgehead atoms. The summed E-state index contributed by atoms with van der Waals surface area (Å²) in [6, 6.07) is 13.3. The van der Waals surface area contributed by atoms with Gasteiger partial charge in [0.1, 0.15) is 6.61 Å². The van der Waals surface area contributed by atoms with Crippen molar-refractivity contribution in [1.82, 2.24) is 10.7 Å². The van der Waals surface area contributed by atoms with Gasteiger partial charge in [-0.05, 0) is 36.2 Å². The van der Waals surface area contributed by atoms with Crippen molar-refractivity contribution in [2.45, 2.75) is 13.5 Å². The number of carbonyl (C=O) groups is 2. The van der Waals surface area contributed by atoms with Gasteiger partial charge in [-0.15, -0.1) is 0 Å². The maximum Gasteiger partial charge on any atom is 0.329 e. The SMILES string of the molecule is COCCNC(=O)C(=O)N/N=C\c1ccc(OCc2ccc(C)cc2)c(OC)c1. The smallest absolute Gasteiger partial charge is 0.329 e. The first kappa shape index (κ1) is 21.9. The van der Waals surface area contributed by atoms with Crippen LogP contribution in [0.3, 0.4) is 0 Å². The molecule has 0 saturated carbocycles. The topological polar surface area (TPSA) is 98.2 Å². The van der Waals surface area contributed by atoms with Crippen LogP contribution in [0.2, 0.25) is 0 Å². The zero-order valence-corrected chi connectivity index (χ0v) is 16.7. The number of rotatable bonds is 9. The van der Waals surface area contributed by atoms with Crippen molar-refractivity contribution in [1.29, 1.82) is 0 Å². The summed E-state index contributed by atoms with van der Waals surface area (Å²) >= 11 is 0. The Morgan fingerprint density at radius 3 is 2.48 bits per heavy atom. The number of hydrazone groups is 1. The van der Waals surface area contributed by atoms with Crippen LogP contribution in [0.5, 0.6) is 11.5 Å². The molecule has 0 aliphatic rings. The average molecular weight is 399 g/mol. The van der Waals surface area contributed by atoms with Crippen LogP contribution in [0, 0.1) is 6.92 Å². The van der Waals surface area contributed by atoms with Crippen molar-refractivity contribution < 1.29 is 23.8 Å². The maximum atomic E-state index is 11.6. The van der Waals surface area contributed by atoms with E-state index in [9.17, 15) is 9.59 Å². The van der Waals surface area contributed by atoms with E-state index in [4.69, 9.17) is 14.2 Å². The second-order valence-corrected chi connectivity index (χ2v) is 6.13. The van der Waals surface area contributed by atoms with Crippen molar-refractivity contribution >= 4 is 18.0 Å². The fourth-order valence-electron chi connectivity index (χ4n) is 2.29. The largest absolute Gasteiger partial charge is 0.493 e. The average Bonchev–Trinajstić information content (AvgIpc) is 2.73. The number of nitrogens with zero attached hydrogens (tertiary/aromatic N) is 1. The first-order valence-electron chi connectivity index (χ1n) is 9.00. The van der Waals surface area contributed by atoms with E-state index in [1.54, 1.807) is 25.3 Å². The van der Waals surface area contributed by atoms with Crippen molar-refractivity contribution in [2.75, 3.05) is 27.4 Å². The molecule has 2 aromatic carbocycles. The summed E-state index contributed by atoms with van der Waals surface area (Å²) in [5.41, 5.74) is 5.08. The molecule has 2 rings (SSSR count). The fraction of sp³-hybridized carbons (Fsp3) is 0.286. The zero-order chi connectivity index (χ0) is 21.1. The lowest BCUT2D eigenvalue weighted by Gasteiger charge is -2.11. The molecular weight excluding hydrogens is 374 g/mol. The first-order valence-corrected chi connectivity index (χ1v) is 9.00. The number of aryl methyl sites for hydroxylation is 1. The van der Waals surface area contributed by atoms with Crippen LogP contribution in [0.25, 0.3) is 0 Å². The molecule has 2 aromatic rings. The third-order valence-corrected chi connectivity index (χ3v) is 3.88. The molecule has 0 radical (unpaired) electrons. The Kier molecular flexibility index (Phi) is 8.65. The van der Waals surface area contributed by atoms with Gasteiger partial charge in [0.05, 0.1) is 19.9 Å². The summed E-state index contributed by atoms with van der Waals surface area (Å²) in [6.45, 7) is 3.01. The van der Waals surface area contributed by atoms with Gasteiger partial charge >= 0.3 is 11.8 Å². The van der Waals surface area contributed by atoms with Gasteiger partial charge in [0.2, 0.25) is 0 Å². The van der Waals surface area contributed by atoms with Crippen LogP contribution < -0.4 is 20.2 Å². The van der Waals surface area contributed by atoms with Crippen LogP contribution >= 0.6 is 0 Å². The van der Waals surface area contributed by atoms with Crippen LogP contribution in [-0.4, -0.2) is 45.4 Å². The minimum atomic E-state index is -0.859. The highest BCUT2D eigenvalue weighted by molar-refractivity contribution is 6.35. The molecule has 2 N–H and O–H groups in total. The minimum Gasteiger partial charge on any atom is -0.493 e. The number of amides is 2. The highest BCUT2D eigenvalue weighted by Gasteiger charge is 2.11. The summed E-state index contributed by atoms with van der Waals surface area (Å²) in [6.07, 6.45) is 1.41. The second kappa shape index (κ2) is 11.5. The molecule has 0 spiro atoms. The zero-order valence-electron chi connectivity index (χ0n) is 16.7. The predicted octanol–water partition coefficient (Wildman–Crippen LogP) is 1.80. The van der Waals surface area contributed by atoms with E-state index in [0.29, 0.717) is 30.3 Å². The molecule has 0 aliphatic carbocycles. The van der Waals surface area contributed by atoms with Gasteiger partial charge in [-0.2, -0.15) is 5.10 Å². The molecule has 0 heterocycles. The lowest BCUT2D eigenvalue weighted by molar-refractivity contribution is -0.139. The molecule has 0 aromatic heterocycles. The summed E-state index contributed by atoms with van der Waals surface area (Å²) in [5.74, 6) is -0.518. The van der Waals surface area contributed by atoms with E-state index < -0.39 is 11.8 Å². The summed E-state index contributed by atoms with van der Waals surface area (Å²) in [7, 11) is 3.05. The Morgan fingerprint density at radius 1 is 1.03 bits per heavy atom. The predicted molar refractivity (Wildman–Crippen MR) is 109 cm³/mol. The van der Waals surface area contributed by atoms with Gasteiger partial charge in [0.25, 0.3) is 0 Å². The van der Waals surface area contributed by atoms with E-state index in [2.05, 4.69) is 15.8 Å². The highest BCUT2D eigenvalue weighted by Crippen LogP contribution is 2.28. The minimum absolute atomic E-state index is 0.244. The van der Waals surface area contributed by atoms with E-state index in [1.165, 1.54) is 18.9 Å². The third kappa shape index (κ3) is 7.27. The standard InChI is InChI=1S/C21H25N3O5/c1-15-4-6-16(7-5-15)14-29-18-9-8-17(12-19(18)28-3)13-23-24-21(26)20(25)22-10-11-27-2/h4-9,12-13H,10-11,14H2,1-3H3,(H,22,25)(H,24,26)/b23-13-. The van der Waals surface area contributed by atoms with Gasteiger partial charge in [-0.1, -0.05) is 29.8 Å². The molecule has 0 unspecified atom stereocenters. The van der Waals surface area contributed by atoms with Crippen LogP contribution in [-0.2, 0) is 20.9 Å². The molecular formula is C21H25N3O5. The molecule has 0 aliphatic heterocycles. The normalized spacial score (nSPS) is 10.6. The van der Waals surface area contributed by atoms with Crippen molar-refractivity contribution in [3.05, 3.63) is 59.2 Å². The van der Waals surface area contributed by atoms with Crippen LogP contribution in [0.4, 0.5) is 0 Å². The monoisotopic (exact) mass is 399 g/mol. The lowest BCUT2D eigenvalue weighted by Crippen LogP contribution is -2.39. The molecule has 154 valence electrons. The van der Waals surface area contributed by atoms with Gasteiger partial charge < -0.3 is 19.5 Å². The molecule has 8 heteroatoms. The van der Waals surface area contributed by atoms with Crippen molar-refractivity contribution in [2.24, 2.45) is 5.10 Å². The van der Waals surface area contributed by atoms with E-state index in [0.717, 1.165) is 5.56 Å². The Balaban J connectivity index is 1.91. The Bertz CT molecular complexity index is 850. The quantitative estimate of drug-likeness (QED) is 0.290. The fourth-order valence-corrected chi connectivity index (χ4v) is 2.29. The number of benzene rings is 2. The highest BCUT2D eigenvalue weighted by atomic mass is 16.5. The van der Waals surface area contributed by atoms with E-state index in [1.807, 2.05) is 31.2 Å². The van der Waals surface area contributed by atoms with Crippen LogP contribution in [0.1, 0.15) is 16.7 Å². The van der Waals surface area contributed by atoms with E-state index in [-0.39, 0.29) is 6.54 Å². The van der Waals surface area contributed by atoms with Gasteiger partial charge in [-0.25, -0.2) is 5.43 Å². The Labute approximate surface area is 169 Å². The molecule has 0 saturated heterocycles. The lowest BCUT2D eigenvalue weighted by atomic mass is 10.2. The van der Waals surface area contributed by atoms with E-state index >= 15 is 0 Å². The number of carbonyl (C=O) groups excluding carboxylic acids is 2. The number of hydrogen-bond donors (Lipinski definition) is 2. The third-order valence-electron chi connectivity index (χ3n) is 3.88. The molecule has 0 fully saturated rings. The summed E-state index contributed by atoms with van der Waals surface area (Å²) in [5, 5.41) is 6.19. The summed E-state index contributed by atoms with van der Waals surface area (Å²) in [4.78, 5) is 23.1. The Morgan fingerprint density at radius 2 is 1.79 bits per heavy atom. The molecule has 0 atom stereocenters. The first-order chi connectivity index (χ1) is 14.0. The van der Waals surface area contributed by atoms with Crippen molar-refractivity contribution in [3.8, 4) is 11.5 Å². The van der Waals surface area contributed by atoms with Gasteiger partial charge in [0, 0.05) is 13.7 Å². The van der Waals surface area contributed by atoms with Gasteiger partial charge in [-0.3, -0.25) is 9.59 Å². The number of methoxy groups -OCH3 is 2. The summed E-state index contributed by atoms with van der Waals surface area (Å²) < 4.78 is 16.0. The number of hydrogen-bond acceptors (Lipinski definition) is 6. The maximum absolute atomic E-state index is 11.6. The van der Waals surface area contributed by atoms with Crippen molar-refractivity contribution in [3.63, 3.8) is 0 Å². The number of ether oxygens (including phenoxy) is 3. The van der Waals surface area contributed by atoms with Gasteiger partial charge in [0.15, 0.2) is 11.5 Å². The molecule has 29 heavy (non-hydrogen) atoms. The molecule has 8 nitrogen and oxygen atoms in total. The second-order valence-electron chi connectivity index (χ2n) is 6.13. The number of nitrogens with one attached hydrogen (secondary N) is 2. The van der Waals surface area contributed by atoms with Crippen LogP contribution in [0.15, 0.2) is 47.6 Å².